The predicted octanol–water partition coefficient (Wildman–Crippen LogP) is 1.32. The van der Waals surface area contributed by atoms with Crippen molar-refractivity contribution in [3.05, 3.63) is 0 Å². The quantitative estimate of drug-likeness (QED) is 0.585. The van der Waals surface area contributed by atoms with Gasteiger partial charge in [0.1, 0.15) is 0 Å². The Morgan fingerprint density at radius 2 is 2.00 bits per heavy atom. The first-order valence-corrected chi connectivity index (χ1v) is 2.50. The molecule has 0 bridgehead atoms. The summed E-state index contributed by atoms with van der Waals surface area (Å²) >= 11 is 0. The normalized spacial score (nSPS) is 28.9. The zero-order valence-corrected chi connectivity index (χ0v) is 4.50. The average Bonchev–Trinajstić information content (AvgIpc) is 2.31. The van der Waals surface area contributed by atoms with Crippen LogP contribution in [0.4, 0.5) is 13.2 Å². The molecule has 0 amide bonds. The van der Waals surface area contributed by atoms with Crippen LogP contribution in [0.3, 0.4) is 0 Å². The Labute approximate surface area is 53.3 Å². The van der Waals surface area contributed by atoms with Gasteiger partial charge in [0.05, 0.1) is 14.7 Å². The van der Waals surface area contributed by atoms with Gasteiger partial charge in [-0.15, -0.1) is 0 Å². The van der Waals surface area contributed by atoms with E-state index in [-0.39, 0.29) is 12.8 Å². The van der Waals surface area contributed by atoms with Crippen molar-refractivity contribution in [2.75, 3.05) is 6.56 Å². The van der Waals surface area contributed by atoms with Crippen LogP contribution in [-0.2, 0) is 0 Å². The third kappa shape index (κ3) is 0.913. The summed E-state index contributed by atoms with van der Waals surface area (Å²) in [5.41, 5.74) is -2.49. The highest BCUT2D eigenvalue weighted by atomic mass is 19.4. The number of halogens is 3. The van der Waals surface area contributed by atoms with Gasteiger partial charge in [0, 0.05) is 0 Å². The van der Waals surface area contributed by atoms with E-state index >= 15 is 0 Å². The van der Waals surface area contributed by atoms with Gasteiger partial charge in [-0.25, -0.2) is 0 Å². The summed E-state index contributed by atoms with van der Waals surface area (Å²) in [4.78, 5) is 0. The lowest BCUT2D eigenvalue weighted by Gasteiger charge is -2.14. The number of hydrogen-bond donors (Lipinski definition) is 1. The van der Waals surface area contributed by atoms with Gasteiger partial charge in [-0.05, 0) is 12.8 Å². The molecule has 1 aliphatic rings. The van der Waals surface area contributed by atoms with Gasteiger partial charge in [0.25, 0.3) is 0 Å². The molecule has 0 heterocycles. The van der Waals surface area contributed by atoms with Gasteiger partial charge in [-0.3, -0.25) is 0 Å². The van der Waals surface area contributed by atoms with Crippen molar-refractivity contribution in [2.45, 2.75) is 19.0 Å². The first kappa shape index (κ1) is 4.55. The monoisotopic (exact) mass is 142 g/mol. The van der Waals surface area contributed by atoms with Gasteiger partial charge < -0.3 is 5.11 Å². The predicted molar refractivity (Wildman–Crippen MR) is 24.8 cm³/mol. The molecule has 1 fully saturated rings. The maximum absolute atomic E-state index is 12.0. The maximum atomic E-state index is 12.0. The van der Waals surface area contributed by atoms with Crippen molar-refractivity contribution in [1.29, 1.82) is 0 Å². The highest BCUT2D eigenvalue weighted by Gasteiger charge is 2.62. The van der Waals surface area contributed by atoms with Crippen LogP contribution in [0.15, 0.2) is 0 Å². The Morgan fingerprint density at radius 3 is 2.00 bits per heavy atom. The summed E-state index contributed by atoms with van der Waals surface area (Å²) < 4.78 is 49.1. The molecule has 1 rings (SSSR count). The van der Waals surface area contributed by atoms with E-state index in [0.29, 0.717) is 0 Å². The molecule has 4 heteroatoms. The van der Waals surface area contributed by atoms with Gasteiger partial charge in [-0.2, -0.15) is 13.2 Å². The van der Waals surface area contributed by atoms with Gasteiger partial charge in [0.2, 0.25) is 0 Å². The molecule has 0 saturated heterocycles. The summed E-state index contributed by atoms with van der Waals surface area (Å²) in [6.07, 6.45) is -5.27. The third-order valence-electron chi connectivity index (χ3n) is 1.51. The fraction of sp³-hybridized carbons (Fsp3) is 1.00. The molecule has 0 aromatic rings. The van der Waals surface area contributed by atoms with Crippen LogP contribution in [0.1, 0.15) is 15.6 Å². The highest BCUT2D eigenvalue weighted by molar-refractivity contribution is 4.98. The molecule has 1 N–H and O–H groups in total. The zero-order valence-electron chi connectivity index (χ0n) is 6.50. The summed E-state index contributed by atoms with van der Waals surface area (Å²) in [7, 11) is 0. The molecule has 9 heavy (non-hydrogen) atoms. The van der Waals surface area contributed by atoms with Crippen molar-refractivity contribution in [3.8, 4) is 0 Å². The molecule has 1 aliphatic carbocycles. The van der Waals surface area contributed by atoms with Gasteiger partial charge >= 0.3 is 6.18 Å². The molecule has 0 unspecified atom stereocenters. The molecule has 1 saturated carbocycles. The second-order valence-corrected chi connectivity index (χ2v) is 2.19. The second-order valence-electron chi connectivity index (χ2n) is 2.19. The number of alkyl halides is 3. The van der Waals surface area contributed by atoms with Crippen molar-refractivity contribution in [2.24, 2.45) is 5.41 Å². The van der Waals surface area contributed by atoms with Crippen molar-refractivity contribution in [1.82, 2.24) is 0 Å². The van der Waals surface area contributed by atoms with Crippen molar-refractivity contribution >= 4 is 0 Å². The van der Waals surface area contributed by atoms with E-state index in [1.165, 1.54) is 0 Å². The summed E-state index contributed by atoms with van der Waals surface area (Å²) in [5, 5.41) is 8.56. The van der Waals surface area contributed by atoms with Gasteiger partial charge in [0.15, 0.2) is 0 Å². The van der Waals surface area contributed by atoms with Crippen molar-refractivity contribution in [3.63, 3.8) is 0 Å². The molecule has 0 atom stereocenters. The smallest absolute Gasteiger partial charge is 0.395 e. The van der Waals surface area contributed by atoms with E-state index in [4.69, 9.17) is 7.85 Å². The minimum Gasteiger partial charge on any atom is -0.395 e. The Bertz CT molecular complexity index is 152. The van der Waals surface area contributed by atoms with Crippen LogP contribution >= 0.6 is 0 Å². The second kappa shape index (κ2) is 1.62. The molecule has 1 nitrogen and oxygen atoms in total. The van der Waals surface area contributed by atoms with E-state index in [2.05, 4.69) is 0 Å². The minimum atomic E-state index is -4.63. The number of rotatable bonds is 1. The molecule has 0 aromatic carbocycles. The van der Waals surface area contributed by atoms with Crippen molar-refractivity contribution < 1.29 is 21.0 Å². The van der Waals surface area contributed by atoms with E-state index < -0.39 is 18.2 Å². The summed E-state index contributed by atoms with van der Waals surface area (Å²) in [6, 6.07) is 0. The Morgan fingerprint density at radius 1 is 1.56 bits per heavy atom. The number of hydrogen-bond acceptors (Lipinski definition) is 1. The van der Waals surface area contributed by atoms with Crippen LogP contribution in [0, 0.1) is 5.41 Å². The third-order valence-corrected chi connectivity index (χ3v) is 1.51. The van der Waals surface area contributed by atoms with E-state index in [0.717, 1.165) is 0 Å². The topological polar surface area (TPSA) is 20.2 Å². The molecule has 0 spiro atoms. The molecule has 0 radical (unpaired) electrons. The Hall–Kier alpha value is -0.250. The molecule has 54 valence electrons. The first-order chi connectivity index (χ1) is 4.71. The molecule has 0 aliphatic heterocycles. The van der Waals surface area contributed by atoms with E-state index in [1.807, 2.05) is 0 Å². The fourth-order valence-electron chi connectivity index (χ4n) is 0.584. The Balaban J connectivity index is 2.85. The zero-order chi connectivity index (χ0) is 8.91. The lowest BCUT2D eigenvalue weighted by Crippen LogP contribution is -2.27. The highest BCUT2D eigenvalue weighted by Crippen LogP contribution is 2.56. The van der Waals surface area contributed by atoms with Crippen LogP contribution < -0.4 is 0 Å². The van der Waals surface area contributed by atoms with Crippen LogP contribution in [0.2, 0.25) is 0 Å². The lowest BCUT2D eigenvalue weighted by atomic mass is 10.1. The number of aliphatic hydroxyl groups is 1. The fourth-order valence-corrected chi connectivity index (χ4v) is 0.584. The molecule has 0 aromatic heterocycles. The SMILES string of the molecule is [2H]C([2H])(O)C1(C(F)(F)F)CC1. The first-order valence-electron chi connectivity index (χ1n) is 3.50. The van der Waals surface area contributed by atoms with Crippen LogP contribution in [0.25, 0.3) is 0 Å². The largest absolute Gasteiger partial charge is 0.396 e. The molecular weight excluding hydrogens is 133 g/mol. The standard InChI is InChI=1S/C5H7F3O/c6-5(7,8)4(3-9)1-2-4/h9H,1-3H2/i3D2. The van der Waals surface area contributed by atoms with Gasteiger partial charge in [-0.1, -0.05) is 0 Å². The van der Waals surface area contributed by atoms with E-state index in [9.17, 15) is 13.2 Å². The minimum absolute atomic E-state index is 0.319. The van der Waals surface area contributed by atoms with Crippen LogP contribution in [-0.4, -0.2) is 17.8 Å². The Kier molecular flexibility index (Phi) is 0.820. The molecular formula is C5H7F3O. The van der Waals surface area contributed by atoms with E-state index in [1.54, 1.807) is 0 Å². The average molecular weight is 142 g/mol. The summed E-state index contributed by atoms with van der Waals surface area (Å²) in [5.74, 6) is 0. The maximum Gasteiger partial charge on any atom is 0.396 e. The summed E-state index contributed by atoms with van der Waals surface area (Å²) in [6.45, 7) is -3.13. The van der Waals surface area contributed by atoms with Crippen LogP contribution in [0.5, 0.6) is 0 Å². The lowest BCUT2D eigenvalue weighted by molar-refractivity contribution is -0.196.